The van der Waals surface area contributed by atoms with Crippen LogP contribution in [-0.4, -0.2) is 0 Å². The molecule has 0 saturated heterocycles. The Morgan fingerprint density at radius 2 is 1.71 bits per heavy atom. The predicted molar refractivity (Wildman–Crippen MR) is 74.5 cm³/mol. The van der Waals surface area contributed by atoms with Gasteiger partial charge in [0.1, 0.15) is 0 Å². The van der Waals surface area contributed by atoms with Crippen LogP contribution < -0.4 is 0 Å². The van der Waals surface area contributed by atoms with Crippen LogP contribution in [0.25, 0.3) is 0 Å². The van der Waals surface area contributed by atoms with Crippen molar-refractivity contribution in [3.63, 3.8) is 0 Å². The van der Waals surface area contributed by atoms with Crippen molar-refractivity contribution in [2.75, 3.05) is 0 Å². The minimum absolute atomic E-state index is 0.594. The molecule has 0 bridgehead atoms. The fourth-order valence-electron chi connectivity index (χ4n) is 2.30. The molecule has 88 valence electrons. The zero-order valence-corrected chi connectivity index (χ0v) is 10.9. The lowest BCUT2D eigenvalue weighted by Gasteiger charge is -2.12. The summed E-state index contributed by atoms with van der Waals surface area (Å²) in [4.78, 5) is 0. The van der Waals surface area contributed by atoms with Gasteiger partial charge in [0.2, 0.25) is 0 Å². The van der Waals surface area contributed by atoms with Crippen LogP contribution in [-0.2, 0) is 6.42 Å². The Labute approximate surface area is 104 Å². The first-order chi connectivity index (χ1) is 8.16. The first-order valence-electron chi connectivity index (χ1n) is 6.30. The Hall–Kier alpha value is -1.56. The number of hydrogen-bond acceptors (Lipinski definition) is 0. The van der Waals surface area contributed by atoms with Gasteiger partial charge in [-0.15, -0.1) is 0 Å². The van der Waals surface area contributed by atoms with Crippen molar-refractivity contribution >= 4 is 0 Å². The summed E-state index contributed by atoms with van der Waals surface area (Å²) in [5, 5.41) is 0. The number of hydrogen-bond donors (Lipinski definition) is 0. The SMILES string of the molecule is Cc1cccc(Cc2ccccc2C(C)C)c1. The van der Waals surface area contributed by atoms with Crippen LogP contribution in [0.4, 0.5) is 0 Å². The van der Waals surface area contributed by atoms with E-state index in [0.717, 1.165) is 6.42 Å². The molecule has 0 heterocycles. The van der Waals surface area contributed by atoms with Gasteiger partial charge in [0.25, 0.3) is 0 Å². The zero-order chi connectivity index (χ0) is 12.3. The monoisotopic (exact) mass is 224 g/mol. The fraction of sp³-hybridized carbons (Fsp3) is 0.294. The van der Waals surface area contributed by atoms with Crippen molar-refractivity contribution in [3.05, 3.63) is 70.8 Å². The van der Waals surface area contributed by atoms with Crippen molar-refractivity contribution in [1.29, 1.82) is 0 Å². The molecule has 0 radical (unpaired) electrons. The van der Waals surface area contributed by atoms with Crippen molar-refractivity contribution in [3.8, 4) is 0 Å². The molecule has 2 aromatic carbocycles. The van der Waals surface area contributed by atoms with Crippen LogP contribution in [0.3, 0.4) is 0 Å². The highest BCUT2D eigenvalue weighted by molar-refractivity contribution is 5.35. The average Bonchev–Trinajstić information content (AvgIpc) is 2.29. The van der Waals surface area contributed by atoms with Crippen LogP contribution in [0, 0.1) is 6.92 Å². The van der Waals surface area contributed by atoms with Crippen LogP contribution in [0.5, 0.6) is 0 Å². The summed E-state index contributed by atoms with van der Waals surface area (Å²) < 4.78 is 0. The molecule has 0 saturated carbocycles. The van der Waals surface area contributed by atoms with Crippen LogP contribution in [0.15, 0.2) is 48.5 Å². The van der Waals surface area contributed by atoms with E-state index in [2.05, 4.69) is 69.3 Å². The second-order valence-electron chi connectivity index (χ2n) is 5.02. The molecule has 0 atom stereocenters. The van der Waals surface area contributed by atoms with E-state index < -0.39 is 0 Å². The molecule has 0 aromatic heterocycles. The largest absolute Gasteiger partial charge is 0.0620 e. The molecule has 2 aromatic rings. The smallest absolute Gasteiger partial charge is 0.00228 e. The molecule has 0 heteroatoms. The second-order valence-corrected chi connectivity index (χ2v) is 5.02. The maximum Gasteiger partial charge on any atom is -0.00228 e. The molecule has 0 N–H and O–H groups in total. The molecule has 17 heavy (non-hydrogen) atoms. The fourth-order valence-corrected chi connectivity index (χ4v) is 2.30. The van der Waals surface area contributed by atoms with Gasteiger partial charge in [-0.05, 0) is 36.0 Å². The summed E-state index contributed by atoms with van der Waals surface area (Å²) in [7, 11) is 0. The first kappa shape index (κ1) is 11.9. The van der Waals surface area contributed by atoms with Gasteiger partial charge >= 0.3 is 0 Å². The molecule has 0 aliphatic carbocycles. The van der Waals surface area contributed by atoms with Gasteiger partial charge in [0, 0.05) is 0 Å². The molecule has 2 rings (SSSR count). The van der Waals surface area contributed by atoms with E-state index in [9.17, 15) is 0 Å². The number of aryl methyl sites for hydroxylation is 1. The summed E-state index contributed by atoms with van der Waals surface area (Å²) in [5.41, 5.74) is 5.66. The number of rotatable bonds is 3. The molecule has 0 aliphatic rings. The van der Waals surface area contributed by atoms with Crippen molar-refractivity contribution in [1.82, 2.24) is 0 Å². The molecule has 0 aliphatic heterocycles. The van der Waals surface area contributed by atoms with Gasteiger partial charge in [-0.1, -0.05) is 67.9 Å². The van der Waals surface area contributed by atoms with E-state index >= 15 is 0 Å². The van der Waals surface area contributed by atoms with E-state index in [-0.39, 0.29) is 0 Å². The summed E-state index contributed by atoms with van der Waals surface area (Å²) in [6.45, 7) is 6.67. The Morgan fingerprint density at radius 3 is 2.41 bits per heavy atom. The third-order valence-electron chi connectivity index (χ3n) is 3.15. The Balaban J connectivity index is 2.30. The molecule has 0 unspecified atom stereocenters. The van der Waals surface area contributed by atoms with E-state index in [1.54, 1.807) is 0 Å². The summed E-state index contributed by atoms with van der Waals surface area (Å²) in [6.07, 6.45) is 1.04. The quantitative estimate of drug-likeness (QED) is 0.708. The Morgan fingerprint density at radius 1 is 0.941 bits per heavy atom. The summed E-state index contributed by atoms with van der Waals surface area (Å²) >= 11 is 0. The van der Waals surface area contributed by atoms with Crippen LogP contribution >= 0.6 is 0 Å². The highest BCUT2D eigenvalue weighted by Crippen LogP contribution is 2.22. The zero-order valence-electron chi connectivity index (χ0n) is 10.9. The minimum atomic E-state index is 0.594. The number of benzene rings is 2. The van der Waals surface area contributed by atoms with Crippen LogP contribution in [0.1, 0.15) is 42.0 Å². The van der Waals surface area contributed by atoms with Gasteiger partial charge in [0.15, 0.2) is 0 Å². The highest BCUT2D eigenvalue weighted by atomic mass is 14.1. The maximum atomic E-state index is 2.27. The Kier molecular flexibility index (Phi) is 3.63. The second kappa shape index (κ2) is 5.18. The van der Waals surface area contributed by atoms with Crippen molar-refractivity contribution in [2.24, 2.45) is 0 Å². The lowest BCUT2D eigenvalue weighted by Crippen LogP contribution is -1.97. The normalized spacial score (nSPS) is 10.8. The lowest BCUT2D eigenvalue weighted by molar-refractivity contribution is 0.848. The average molecular weight is 224 g/mol. The van der Waals surface area contributed by atoms with Crippen molar-refractivity contribution in [2.45, 2.75) is 33.1 Å². The maximum absolute atomic E-state index is 2.27. The molecular weight excluding hydrogens is 204 g/mol. The van der Waals surface area contributed by atoms with Gasteiger partial charge < -0.3 is 0 Å². The highest BCUT2D eigenvalue weighted by Gasteiger charge is 2.06. The molecule has 0 fully saturated rings. The van der Waals surface area contributed by atoms with Crippen molar-refractivity contribution < 1.29 is 0 Å². The first-order valence-corrected chi connectivity index (χ1v) is 6.30. The van der Waals surface area contributed by atoms with Gasteiger partial charge in [0.05, 0.1) is 0 Å². The third-order valence-corrected chi connectivity index (χ3v) is 3.15. The minimum Gasteiger partial charge on any atom is -0.0620 e. The third kappa shape index (κ3) is 2.97. The molecule has 0 nitrogen and oxygen atoms in total. The van der Waals surface area contributed by atoms with Gasteiger partial charge in [-0.2, -0.15) is 0 Å². The lowest BCUT2D eigenvalue weighted by atomic mass is 9.93. The standard InChI is InChI=1S/C17H20/c1-13(2)17-10-5-4-9-16(17)12-15-8-6-7-14(3)11-15/h4-11,13H,12H2,1-3H3. The molecular formula is C17H20. The van der Waals surface area contributed by atoms with Crippen LogP contribution in [0.2, 0.25) is 0 Å². The topological polar surface area (TPSA) is 0 Å². The van der Waals surface area contributed by atoms with E-state index in [0.29, 0.717) is 5.92 Å². The summed E-state index contributed by atoms with van der Waals surface area (Å²) in [6, 6.07) is 17.5. The summed E-state index contributed by atoms with van der Waals surface area (Å²) in [5.74, 6) is 0.594. The molecule has 0 spiro atoms. The van der Waals surface area contributed by atoms with E-state index in [4.69, 9.17) is 0 Å². The van der Waals surface area contributed by atoms with E-state index in [1.807, 2.05) is 0 Å². The van der Waals surface area contributed by atoms with Gasteiger partial charge in [-0.25, -0.2) is 0 Å². The van der Waals surface area contributed by atoms with Gasteiger partial charge in [-0.3, -0.25) is 0 Å². The van der Waals surface area contributed by atoms with E-state index in [1.165, 1.54) is 22.3 Å². The Bertz CT molecular complexity index is 495. The predicted octanol–water partition coefficient (Wildman–Crippen LogP) is 4.71. The molecule has 0 amide bonds.